The molecule has 1 aromatic carbocycles. The van der Waals surface area contributed by atoms with Crippen LogP contribution in [0.2, 0.25) is 0 Å². The summed E-state index contributed by atoms with van der Waals surface area (Å²) in [6, 6.07) is 5.81. The van der Waals surface area contributed by atoms with Gasteiger partial charge >= 0.3 is 0 Å². The number of halogens is 1. The van der Waals surface area contributed by atoms with Crippen LogP contribution in [0.15, 0.2) is 22.7 Å². The Morgan fingerprint density at radius 1 is 1.41 bits per heavy atom. The summed E-state index contributed by atoms with van der Waals surface area (Å²) in [6.07, 6.45) is 6.31. The molecule has 0 atom stereocenters. The van der Waals surface area contributed by atoms with E-state index < -0.39 is 0 Å². The fourth-order valence-corrected chi connectivity index (χ4v) is 2.97. The van der Waals surface area contributed by atoms with Crippen LogP contribution in [0.5, 0.6) is 0 Å². The molecule has 1 aliphatic rings. The first-order valence-corrected chi connectivity index (χ1v) is 6.96. The van der Waals surface area contributed by atoms with E-state index in [0.717, 1.165) is 34.5 Å². The standard InChI is InChI=1S/C14H18BrNO/c1-16(9-11-4-2-3-5-11)14-8-13(15)7-6-12(14)10-17/h6-8,10-11H,2-5,9H2,1H3. The van der Waals surface area contributed by atoms with Gasteiger partial charge in [-0.3, -0.25) is 4.79 Å². The quantitative estimate of drug-likeness (QED) is 0.786. The number of carbonyl (C=O) groups excluding carboxylic acids is 1. The van der Waals surface area contributed by atoms with E-state index in [9.17, 15) is 4.79 Å². The van der Waals surface area contributed by atoms with E-state index in [4.69, 9.17) is 0 Å². The number of hydrogen-bond acceptors (Lipinski definition) is 2. The first kappa shape index (κ1) is 12.6. The van der Waals surface area contributed by atoms with Crippen molar-refractivity contribution in [3.63, 3.8) is 0 Å². The molecule has 0 aliphatic heterocycles. The number of carbonyl (C=O) groups is 1. The van der Waals surface area contributed by atoms with Crippen LogP contribution in [0.25, 0.3) is 0 Å². The maximum absolute atomic E-state index is 11.0. The third-order valence-corrected chi connectivity index (χ3v) is 4.03. The van der Waals surface area contributed by atoms with Gasteiger partial charge in [-0.2, -0.15) is 0 Å². The highest BCUT2D eigenvalue weighted by molar-refractivity contribution is 9.10. The van der Waals surface area contributed by atoms with Gasteiger partial charge in [-0.05, 0) is 37.0 Å². The van der Waals surface area contributed by atoms with Gasteiger partial charge in [-0.15, -0.1) is 0 Å². The zero-order valence-corrected chi connectivity index (χ0v) is 11.7. The predicted octanol–water partition coefficient (Wildman–Crippen LogP) is 3.89. The van der Waals surface area contributed by atoms with Crippen molar-refractivity contribution in [1.29, 1.82) is 0 Å². The van der Waals surface area contributed by atoms with E-state index in [1.807, 2.05) is 18.2 Å². The van der Waals surface area contributed by atoms with Gasteiger partial charge in [0.1, 0.15) is 0 Å². The fraction of sp³-hybridized carbons (Fsp3) is 0.500. The van der Waals surface area contributed by atoms with Gasteiger partial charge in [-0.1, -0.05) is 28.8 Å². The van der Waals surface area contributed by atoms with Gasteiger partial charge in [0.2, 0.25) is 0 Å². The van der Waals surface area contributed by atoms with Crippen molar-refractivity contribution in [2.75, 3.05) is 18.5 Å². The predicted molar refractivity (Wildman–Crippen MR) is 74.8 cm³/mol. The molecular formula is C14H18BrNO. The molecule has 0 aromatic heterocycles. The van der Waals surface area contributed by atoms with E-state index in [1.165, 1.54) is 25.7 Å². The Hall–Kier alpha value is -0.830. The third kappa shape index (κ3) is 3.09. The van der Waals surface area contributed by atoms with Crippen molar-refractivity contribution in [3.05, 3.63) is 28.2 Å². The van der Waals surface area contributed by atoms with E-state index in [1.54, 1.807) is 0 Å². The Morgan fingerprint density at radius 2 is 2.12 bits per heavy atom. The zero-order chi connectivity index (χ0) is 12.3. The Kier molecular flexibility index (Phi) is 4.21. The summed E-state index contributed by atoms with van der Waals surface area (Å²) in [7, 11) is 2.08. The molecule has 0 N–H and O–H groups in total. The minimum absolute atomic E-state index is 0.772. The molecule has 0 spiro atoms. The minimum atomic E-state index is 0.772. The van der Waals surface area contributed by atoms with E-state index >= 15 is 0 Å². The maximum Gasteiger partial charge on any atom is 0.152 e. The second kappa shape index (κ2) is 5.67. The minimum Gasteiger partial charge on any atom is -0.374 e. The molecule has 1 saturated carbocycles. The van der Waals surface area contributed by atoms with Crippen molar-refractivity contribution >= 4 is 27.9 Å². The lowest BCUT2D eigenvalue weighted by Gasteiger charge is -2.24. The highest BCUT2D eigenvalue weighted by atomic mass is 79.9. The van der Waals surface area contributed by atoms with Crippen LogP contribution in [0.4, 0.5) is 5.69 Å². The zero-order valence-electron chi connectivity index (χ0n) is 10.2. The van der Waals surface area contributed by atoms with Crippen molar-refractivity contribution < 1.29 is 4.79 Å². The third-order valence-electron chi connectivity index (χ3n) is 3.54. The Morgan fingerprint density at radius 3 is 2.76 bits per heavy atom. The van der Waals surface area contributed by atoms with Gasteiger partial charge in [0.25, 0.3) is 0 Å². The van der Waals surface area contributed by atoms with Gasteiger partial charge in [0, 0.05) is 29.3 Å². The monoisotopic (exact) mass is 295 g/mol. The highest BCUT2D eigenvalue weighted by Gasteiger charge is 2.18. The first-order chi connectivity index (χ1) is 8.20. The van der Waals surface area contributed by atoms with E-state index in [0.29, 0.717) is 0 Å². The first-order valence-electron chi connectivity index (χ1n) is 6.16. The topological polar surface area (TPSA) is 20.3 Å². The van der Waals surface area contributed by atoms with Crippen LogP contribution in [0.1, 0.15) is 36.0 Å². The van der Waals surface area contributed by atoms with Crippen LogP contribution in [-0.4, -0.2) is 19.9 Å². The summed E-state index contributed by atoms with van der Waals surface area (Å²) in [4.78, 5) is 13.3. The second-order valence-corrected chi connectivity index (χ2v) is 5.77. The molecule has 2 rings (SSSR count). The fourth-order valence-electron chi connectivity index (χ4n) is 2.63. The SMILES string of the molecule is CN(CC1CCCC1)c1cc(Br)ccc1C=O. The lowest BCUT2D eigenvalue weighted by molar-refractivity contribution is 0.112. The number of rotatable bonds is 4. The molecule has 0 radical (unpaired) electrons. The van der Waals surface area contributed by atoms with Crippen molar-refractivity contribution in [3.8, 4) is 0 Å². The van der Waals surface area contributed by atoms with Crippen LogP contribution in [-0.2, 0) is 0 Å². The lowest BCUT2D eigenvalue weighted by atomic mass is 10.1. The van der Waals surface area contributed by atoms with Crippen molar-refractivity contribution in [2.45, 2.75) is 25.7 Å². The van der Waals surface area contributed by atoms with Gasteiger partial charge < -0.3 is 4.90 Å². The van der Waals surface area contributed by atoms with Crippen LogP contribution in [0, 0.1) is 5.92 Å². The number of aldehydes is 1. The Bertz CT molecular complexity index is 399. The molecule has 0 bridgehead atoms. The van der Waals surface area contributed by atoms with Crippen LogP contribution < -0.4 is 4.90 Å². The largest absolute Gasteiger partial charge is 0.374 e. The molecule has 0 heterocycles. The van der Waals surface area contributed by atoms with Crippen LogP contribution in [0.3, 0.4) is 0 Å². The van der Waals surface area contributed by atoms with Crippen LogP contribution >= 0.6 is 15.9 Å². The summed E-state index contributed by atoms with van der Waals surface area (Å²) in [5.74, 6) is 0.790. The molecule has 1 fully saturated rings. The Labute approximate surface area is 111 Å². The molecule has 17 heavy (non-hydrogen) atoms. The molecule has 0 unspecified atom stereocenters. The number of nitrogens with zero attached hydrogens (tertiary/aromatic N) is 1. The number of benzene rings is 1. The van der Waals surface area contributed by atoms with Gasteiger partial charge in [0.15, 0.2) is 6.29 Å². The smallest absolute Gasteiger partial charge is 0.152 e. The average molecular weight is 296 g/mol. The molecular weight excluding hydrogens is 278 g/mol. The molecule has 0 saturated heterocycles. The maximum atomic E-state index is 11.0. The highest BCUT2D eigenvalue weighted by Crippen LogP contribution is 2.29. The van der Waals surface area contributed by atoms with E-state index in [2.05, 4.69) is 27.9 Å². The molecule has 1 aliphatic carbocycles. The summed E-state index contributed by atoms with van der Waals surface area (Å²) >= 11 is 3.46. The molecule has 0 amide bonds. The number of hydrogen-bond donors (Lipinski definition) is 0. The van der Waals surface area contributed by atoms with Crippen molar-refractivity contribution in [2.24, 2.45) is 5.92 Å². The van der Waals surface area contributed by atoms with Gasteiger partial charge in [-0.25, -0.2) is 0 Å². The molecule has 2 nitrogen and oxygen atoms in total. The molecule has 92 valence electrons. The lowest BCUT2D eigenvalue weighted by Crippen LogP contribution is -2.25. The van der Waals surface area contributed by atoms with E-state index in [-0.39, 0.29) is 0 Å². The Balaban J connectivity index is 2.13. The average Bonchev–Trinajstić information content (AvgIpc) is 2.81. The second-order valence-electron chi connectivity index (χ2n) is 4.85. The van der Waals surface area contributed by atoms with Crippen molar-refractivity contribution in [1.82, 2.24) is 0 Å². The summed E-state index contributed by atoms with van der Waals surface area (Å²) in [5, 5.41) is 0. The number of anilines is 1. The van der Waals surface area contributed by atoms with Gasteiger partial charge in [0.05, 0.1) is 0 Å². The molecule has 3 heteroatoms. The summed E-state index contributed by atoms with van der Waals surface area (Å²) in [5.41, 5.74) is 1.80. The summed E-state index contributed by atoms with van der Waals surface area (Å²) < 4.78 is 1.02. The normalized spacial score (nSPS) is 16.1. The molecule has 1 aromatic rings. The summed E-state index contributed by atoms with van der Waals surface area (Å²) in [6.45, 7) is 1.05.